The maximum absolute atomic E-state index is 13.5. The maximum Gasteiger partial charge on any atom is 0.220 e. The lowest BCUT2D eigenvalue weighted by Crippen LogP contribution is -2.31. The fraction of sp³-hybridized carbons (Fsp3) is 0.667. The Labute approximate surface area is 158 Å². The first kappa shape index (κ1) is 22.6. The molecule has 1 N–H and O–H groups in total. The minimum absolute atomic E-state index is 0.0121. The Hall–Kier alpha value is -1.46. The van der Waals surface area contributed by atoms with Gasteiger partial charge in [0.1, 0.15) is 5.82 Å². The summed E-state index contributed by atoms with van der Waals surface area (Å²) in [7, 11) is 0. The molecule has 4 nitrogen and oxygen atoms in total. The molecular formula is C21H35FN2O2. The van der Waals surface area contributed by atoms with Crippen molar-refractivity contribution in [1.82, 2.24) is 10.2 Å². The van der Waals surface area contributed by atoms with Gasteiger partial charge in [-0.1, -0.05) is 39.8 Å². The molecule has 1 aromatic carbocycles. The van der Waals surface area contributed by atoms with Crippen LogP contribution in [0.5, 0.6) is 0 Å². The summed E-state index contributed by atoms with van der Waals surface area (Å²) in [5.41, 5.74) is 1.64. The van der Waals surface area contributed by atoms with Gasteiger partial charge in [-0.15, -0.1) is 0 Å². The Bertz CT molecular complexity index is 545. The minimum atomic E-state index is -0.206. The standard InChI is InChI=1S/C21H35FN2O2/c1-6-24(7-2)11-13-26-12-10-23-21(25)15-19(16(3)4)18-8-9-20(22)17(5)14-18/h8-9,14,16,19H,6-7,10-13,15H2,1-5H3,(H,23,25). The van der Waals surface area contributed by atoms with Crippen LogP contribution in [0.15, 0.2) is 18.2 Å². The number of aryl methyl sites for hydroxylation is 1. The van der Waals surface area contributed by atoms with Crippen LogP contribution in [0.2, 0.25) is 0 Å². The monoisotopic (exact) mass is 366 g/mol. The van der Waals surface area contributed by atoms with Crippen molar-refractivity contribution in [2.24, 2.45) is 5.92 Å². The Morgan fingerprint density at radius 3 is 2.50 bits per heavy atom. The Morgan fingerprint density at radius 2 is 1.92 bits per heavy atom. The molecule has 1 amide bonds. The summed E-state index contributed by atoms with van der Waals surface area (Å²) in [6.45, 7) is 14.9. The third-order valence-electron chi connectivity index (χ3n) is 4.84. The number of ether oxygens (including phenoxy) is 1. The third-order valence-corrected chi connectivity index (χ3v) is 4.84. The predicted octanol–water partition coefficient (Wildman–Crippen LogP) is 3.74. The zero-order valence-corrected chi connectivity index (χ0v) is 17.0. The maximum atomic E-state index is 13.5. The lowest BCUT2D eigenvalue weighted by atomic mass is 9.85. The summed E-state index contributed by atoms with van der Waals surface area (Å²) in [4.78, 5) is 14.6. The van der Waals surface area contributed by atoms with Gasteiger partial charge in [-0.25, -0.2) is 4.39 Å². The summed E-state index contributed by atoms with van der Waals surface area (Å²) < 4.78 is 19.1. The van der Waals surface area contributed by atoms with E-state index in [-0.39, 0.29) is 17.6 Å². The molecule has 0 aliphatic heterocycles. The number of carbonyl (C=O) groups excluding carboxylic acids is 1. The van der Waals surface area contributed by atoms with Crippen LogP contribution in [0.4, 0.5) is 4.39 Å². The highest BCUT2D eigenvalue weighted by Gasteiger charge is 2.20. The molecule has 1 aromatic rings. The summed E-state index contributed by atoms with van der Waals surface area (Å²) in [6.07, 6.45) is 0.405. The highest BCUT2D eigenvalue weighted by Crippen LogP contribution is 2.29. The summed E-state index contributed by atoms with van der Waals surface area (Å²) in [5, 5.41) is 2.93. The number of amides is 1. The number of hydrogen-bond donors (Lipinski definition) is 1. The van der Waals surface area contributed by atoms with Crippen molar-refractivity contribution in [3.63, 3.8) is 0 Å². The number of likely N-dealkylation sites (N-methyl/N-ethyl adjacent to an activating group) is 1. The van der Waals surface area contributed by atoms with Gasteiger partial charge in [0.15, 0.2) is 0 Å². The van der Waals surface area contributed by atoms with E-state index in [1.165, 1.54) is 6.07 Å². The first-order valence-corrected chi connectivity index (χ1v) is 9.71. The fourth-order valence-corrected chi connectivity index (χ4v) is 3.01. The number of halogens is 1. The van der Waals surface area contributed by atoms with Crippen LogP contribution in [0.25, 0.3) is 0 Å². The average Bonchev–Trinajstić information content (AvgIpc) is 2.61. The average molecular weight is 367 g/mol. The van der Waals surface area contributed by atoms with E-state index in [0.29, 0.717) is 37.7 Å². The number of carbonyl (C=O) groups is 1. The normalized spacial score (nSPS) is 12.6. The number of nitrogens with one attached hydrogen (secondary N) is 1. The van der Waals surface area contributed by atoms with Crippen LogP contribution in [-0.4, -0.2) is 50.2 Å². The first-order chi connectivity index (χ1) is 12.4. The van der Waals surface area contributed by atoms with Crippen LogP contribution >= 0.6 is 0 Å². The highest BCUT2D eigenvalue weighted by atomic mass is 19.1. The van der Waals surface area contributed by atoms with Gasteiger partial charge in [-0.3, -0.25) is 4.79 Å². The largest absolute Gasteiger partial charge is 0.378 e. The van der Waals surface area contributed by atoms with Crippen LogP contribution < -0.4 is 5.32 Å². The number of benzene rings is 1. The fourth-order valence-electron chi connectivity index (χ4n) is 3.01. The van der Waals surface area contributed by atoms with Crippen LogP contribution in [0, 0.1) is 18.7 Å². The molecule has 0 aliphatic rings. The van der Waals surface area contributed by atoms with Crippen LogP contribution in [0.1, 0.15) is 51.2 Å². The molecular weight excluding hydrogens is 331 g/mol. The van der Waals surface area contributed by atoms with Crippen LogP contribution in [-0.2, 0) is 9.53 Å². The van der Waals surface area contributed by atoms with E-state index >= 15 is 0 Å². The second-order valence-corrected chi connectivity index (χ2v) is 7.05. The quantitative estimate of drug-likeness (QED) is 0.573. The zero-order valence-electron chi connectivity index (χ0n) is 17.0. The number of hydrogen-bond acceptors (Lipinski definition) is 3. The van der Waals surface area contributed by atoms with Crippen LogP contribution in [0.3, 0.4) is 0 Å². The SMILES string of the molecule is CCN(CC)CCOCCNC(=O)CC(c1ccc(F)c(C)c1)C(C)C. The van der Waals surface area contributed by atoms with Gasteiger partial charge in [0.2, 0.25) is 5.91 Å². The first-order valence-electron chi connectivity index (χ1n) is 9.71. The molecule has 148 valence electrons. The van der Waals surface area contributed by atoms with Gasteiger partial charge in [-0.05, 0) is 49.0 Å². The summed E-state index contributed by atoms with van der Waals surface area (Å²) >= 11 is 0. The summed E-state index contributed by atoms with van der Waals surface area (Å²) in [5.74, 6) is 0.189. The lowest BCUT2D eigenvalue weighted by Gasteiger charge is -2.21. The zero-order chi connectivity index (χ0) is 19.5. The van der Waals surface area contributed by atoms with Crippen molar-refractivity contribution in [3.8, 4) is 0 Å². The molecule has 0 aliphatic carbocycles. The second-order valence-electron chi connectivity index (χ2n) is 7.05. The van der Waals surface area contributed by atoms with Crippen molar-refractivity contribution in [1.29, 1.82) is 0 Å². The van der Waals surface area contributed by atoms with Gasteiger partial charge in [0.05, 0.1) is 13.2 Å². The van der Waals surface area contributed by atoms with Gasteiger partial charge in [0, 0.05) is 19.5 Å². The Balaban J connectivity index is 2.38. The topological polar surface area (TPSA) is 41.6 Å². The molecule has 0 fully saturated rings. The lowest BCUT2D eigenvalue weighted by molar-refractivity contribution is -0.121. The van der Waals surface area contributed by atoms with Gasteiger partial charge >= 0.3 is 0 Å². The molecule has 0 bridgehead atoms. The van der Waals surface area contributed by atoms with E-state index in [2.05, 4.69) is 37.9 Å². The molecule has 1 unspecified atom stereocenters. The van der Waals surface area contributed by atoms with E-state index in [9.17, 15) is 9.18 Å². The predicted molar refractivity (Wildman–Crippen MR) is 105 cm³/mol. The molecule has 0 heterocycles. The molecule has 5 heteroatoms. The van der Waals surface area contributed by atoms with Gasteiger partial charge in [-0.2, -0.15) is 0 Å². The van der Waals surface area contributed by atoms with Gasteiger partial charge < -0.3 is 15.0 Å². The molecule has 0 aromatic heterocycles. The van der Waals surface area contributed by atoms with Crippen molar-refractivity contribution >= 4 is 5.91 Å². The molecule has 0 saturated carbocycles. The van der Waals surface area contributed by atoms with E-state index in [0.717, 1.165) is 25.2 Å². The van der Waals surface area contributed by atoms with Crippen molar-refractivity contribution < 1.29 is 13.9 Å². The van der Waals surface area contributed by atoms with E-state index in [1.54, 1.807) is 13.0 Å². The van der Waals surface area contributed by atoms with Gasteiger partial charge in [0.25, 0.3) is 0 Å². The molecule has 0 spiro atoms. The van der Waals surface area contributed by atoms with Crippen molar-refractivity contribution in [3.05, 3.63) is 35.1 Å². The second kappa shape index (κ2) is 12.0. The van der Waals surface area contributed by atoms with E-state index in [4.69, 9.17) is 4.74 Å². The van der Waals surface area contributed by atoms with E-state index in [1.807, 2.05) is 6.07 Å². The molecule has 26 heavy (non-hydrogen) atoms. The molecule has 0 saturated heterocycles. The summed E-state index contributed by atoms with van der Waals surface area (Å²) in [6, 6.07) is 5.13. The smallest absolute Gasteiger partial charge is 0.220 e. The van der Waals surface area contributed by atoms with Crippen molar-refractivity contribution in [2.45, 2.75) is 47.0 Å². The molecule has 0 radical (unpaired) electrons. The Morgan fingerprint density at radius 1 is 1.23 bits per heavy atom. The minimum Gasteiger partial charge on any atom is -0.378 e. The van der Waals surface area contributed by atoms with E-state index < -0.39 is 0 Å². The third kappa shape index (κ3) is 7.83. The molecule has 1 atom stereocenters. The number of rotatable bonds is 12. The van der Waals surface area contributed by atoms with Crippen molar-refractivity contribution in [2.75, 3.05) is 39.4 Å². The Kier molecular flexibility index (Phi) is 10.4. The molecule has 1 rings (SSSR count). The highest BCUT2D eigenvalue weighted by molar-refractivity contribution is 5.76. The number of nitrogens with zero attached hydrogens (tertiary/aromatic N) is 1.